The molecule has 1 amide bonds. The number of hydrogen-bond donors (Lipinski definition) is 1. The van der Waals surface area contributed by atoms with Crippen molar-refractivity contribution in [2.75, 3.05) is 6.54 Å². The minimum Gasteiger partial charge on any atom is -0.480 e. The third kappa shape index (κ3) is 2.61. The van der Waals surface area contributed by atoms with Gasteiger partial charge in [-0.3, -0.25) is 14.2 Å². The minimum atomic E-state index is -0.968. The Balaban J connectivity index is 1.71. The van der Waals surface area contributed by atoms with Crippen LogP contribution in [0.2, 0.25) is 0 Å². The number of carbonyl (C=O) groups is 2. The second-order valence-corrected chi connectivity index (χ2v) is 6.11. The van der Waals surface area contributed by atoms with Crippen LogP contribution in [0.25, 0.3) is 10.2 Å². The molecule has 0 bridgehead atoms. The number of aryl methyl sites for hydroxylation is 1. The van der Waals surface area contributed by atoms with Gasteiger partial charge in [-0.2, -0.15) is 0 Å². The van der Waals surface area contributed by atoms with E-state index in [1.807, 2.05) is 0 Å². The predicted molar refractivity (Wildman–Crippen MR) is 80.9 cm³/mol. The highest BCUT2D eigenvalue weighted by Gasteiger charge is 2.33. The number of nitrogens with zero attached hydrogens (tertiary/aromatic N) is 3. The number of carbonyl (C=O) groups excluding carboxylic acids is 1. The summed E-state index contributed by atoms with van der Waals surface area (Å²) in [6.45, 7) is 0.672. The molecule has 0 spiro atoms. The first-order valence-electron chi connectivity index (χ1n) is 7.03. The maximum absolute atomic E-state index is 12.2. The second kappa shape index (κ2) is 5.88. The smallest absolute Gasteiger partial charge is 0.326 e. The van der Waals surface area contributed by atoms with Crippen molar-refractivity contribution in [2.45, 2.75) is 31.8 Å². The minimum absolute atomic E-state index is 0.0982. The summed E-state index contributed by atoms with van der Waals surface area (Å²) in [5, 5.41) is 11.4. The Morgan fingerprint density at radius 3 is 3.05 bits per heavy atom. The van der Waals surface area contributed by atoms with Crippen LogP contribution in [0, 0.1) is 0 Å². The van der Waals surface area contributed by atoms with E-state index in [0.29, 0.717) is 29.6 Å². The number of carboxylic acids is 1. The largest absolute Gasteiger partial charge is 0.480 e. The number of aliphatic carboxylic acids is 1. The number of aromatic nitrogens is 2. The lowest BCUT2D eigenvalue weighted by molar-refractivity contribution is -0.148. The molecule has 0 radical (unpaired) electrons. The maximum atomic E-state index is 12.2. The molecule has 1 aliphatic rings. The van der Waals surface area contributed by atoms with Crippen LogP contribution in [-0.2, 0) is 16.1 Å². The molecule has 1 aliphatic heterocycles. The van der Waals surface area contributed by atoms with E-state index in [9.17, 15) is 14.4 Å². The summed E-state index contributed by atoms with van der Waals surface area (Å²) in [5.74, 6) is -1.20. The van der Waals surface area contributed by atoms with E-state index in [0.717, 1.165) is 0 Å². The molecule has 1 N–H and O–H groups in total. The fourth-order valence-electron chi connectivity index (χ4n) is 2.73. The third-order valence-corrected chi connectivity index (χ3v) is 4.70. The monoisotopic (exact) mass is 321 g/mol. The van der Waals surface area contributed by atoms with Crippen LogP contribution in [0.3, 0.4) is 0 Å². The number of likely N-dealkylation sites (tertiary alicyclic amines) is 1. The molecule has 2 aromatic rings. The van der Waals surface area contributed by atoms with Gasteiger partial charge in [0.05, 0.1) is 11.7 Å². The number of rotatable bonds is 4. The Morgan fingerprint density at radius 2 is 2.27 bits per heavy atom. The summed E-state index contributed by atoms with van der Waals surface area (Å²) in [7, 11) is 0. The Morgan fingerprint density at radius 1 is 1.45 bits per heavy atom. The topological polar surface area (TPSA) is 92.5 Å². The van der Waals surface area contributed by atoms with Crippen LogP contribution >= 0.6 is 11.3 Å². The number of amides is 1. The Labute approximate surface area is 129 Å². The SMILES string of the molecule is O=C(O)[C@@H]1CCCN1C(=O)CCn1cnc2sccc2c1=O. The number of thiophene rings is 1. The predicted octanol–water partition coefficient (Wildman–Crippen LogP) is 0.924. The van der Waals surface area contributed by atoms with E-state index in [-0.39, 0.29) is 24.4 Å². The quantitative estimate of drug-likeness (QED) is 0.904. The van der Waals surface area contributed by atoms with Crippen LogP contribution in [0.4, 0.5) is 0 Å². The summed E-state index contributed by atoms with van der Waals surface area (Å²) in [4.78, 5) is 41.8. The van der Waals surface area contributed by atoms with E-state index in [1.54, 1.807) is 11.4 Å². The van der Waals surface area contributed by atoms with E-state index < -0.39 is 12.0 Å². The summed E-state index contributed by atoms with van der Waals surface area (Å²) >= 11 is 1.39. The van der Waals surface area contributed by atoms with Crippen molar-refractivity contribution >= 4 is 33.4 Å². The van der Waals surface area contributed by atoms with E-state index >= 15 is 0 Å². The lowest BCUT2D eigenvalue weighted by Gasteiger charge is -2.21. The fourth-order valence-corrected chi connectivity index (χ4v) is 3.46. The molecular weight excluding hydrogens is 306 g/mol. The van der Waals surface area contributed by atoms with Gasteiger partial charge in [0.2, 0.25) is 5.91 Å². The molecule has 0 aliphatic carbocycles. The first kappa shape index (κ1) is 14.7. The maximum Gasteiger partial charge on any atom is 0.326 e. The van der Waals surface area contributed by atoms with Gasteiger partial charge < -0.3 is 10.0 Å². The normalized spacial score (nSPS) is 18.0. The highest BCUT2D eigenvalue weighted by atomic mass is 32.1. The van der Waals surface area contributed by atoms with Crippen molar-refractivity contribution in [3.63, 3.8) is 0 Å². The number of hydrogen-bond acceptors (Lipinski definition) is 5. The molecule has 3 heterocycles. The summed E-state index contributed by atoms with van der Waals surface area (Å²) in [5.41, 5.74) is -0.171. The summed E-state index contributed by atoms with van der Waals surface area (Å²) < 4.78 is 1.40. The highest BCUT2D eigenvalue weighted by Crippen LogP contribution is 2.18. The van der Waals surface area contributed by atoms with Gasteiger partial charge in [-0.15, -0.1) is 11.3 Å². The molecular formula is C14H15N3O4S. The van der Waals surface area contributed by atoms with E-state index in [4.69, 9.17) is 5.11 Å². The highest BCUT2D eigenvalue weighted by molar-refractivity contribution is 7.16. The zero-order valence-corrected chi connectivity index (χ0v) is 12.6. The van der Waals surface area contributed by atoms with Crippen LogP contribution in [0.1, 0.15) is 19.3 Å². The molecule has 1 atom stereocenters. The number of fused-ring (bicyclic) bond motifs is 1. The van der Waals surface area contributed by atoms with Crippen LogP contribution in [-0.4, -0.2) is 44.0 Å². The van der Waals surface area contributed by atoms with E-state index in [2.05, 4.69) is 4.98 Å². The molecule has 0 aromatic carbocycles. The Kier molecular flexibility index (Phi) is 3.93. The molecule has 0 saturated carbocycles. The summed E-state index contributed by atoms with van der Waals surface area (Å²) in [6.07, 6.45) is 2.72. The first-order chi connectivity index (χ1) is 10.6. The molecule has 1 saturated heterocycles. The molecule has 116 valence electrons. The number of carboxylic acid groups (broad SMARTS) is 1. The summed E-state index contributed by atoms with van der Waals surface area (Å²) in [6, 6.07) is 0.982. The van der Waals surface area contributed by atoms with Crippen molar-refractivity contribution in [1.29, 1.82) is 0 Å². The average molecular weight is 321 g/mol. The molecule has 7 nitrogen and oxygen atoms in total. The molecule has 3 rings (SSSR count). The molecule has 22 heavy (non-hydrogen) atoms. The van der Waals surface area contributed by atoms with Gasteiger partial charge in [0.15, 0.2) is 0 Å². The van der Waals surface area contributed by atoms with Crippen molar-refractivity contribution in [3.8, 4) is 0 Å². The fraction of sp³-hybridized carbons (Fsp3) is 0.429. The lowest BCUT2D eigenvalue weighted by atomic mass is 10.2. The average Bonchev–Trinajstić information content (AvgIpc) is 3.15. The Bertz CT molecular complexity index is 782. The molecule has 2 aromatic heterocycles. The van der Waals surface area contributed by atoms with Gasteiger partial charge in [-0.1, -0.05) is 0 Å². The first-order valence-corrected chi connectivity index (χ1v) is 7.91. The van der Waals surface area contributed by atoms with Gasteiger partial charge in [-0.25, -0.2) is 9.78 Å². The van der Waals surface area contributed by atoms with Crippen LogP contribution < -0.4 is 5.56 Å². The van der Waals surface area contributed by atoms with Gasteiger partial charge in [0.25, 0.3) is 5.56 Å². The zero-order valence-electron chi connectivity index (χ0n) is 11.8. The van der Waals surface area contributed by atoms with E-state index in [1.165, 1.54) is 27.1 Å². The van der Waals surface area contributed by atoms with Crippen molar-refractivity contribution < 1.29 is 14.7 Å². The van der Waals surface area contributed by atoms with Gasteiger partial charge in [0, 0.05) is 19.5 Å². The molecule has 1 fully saturated rings. The van der Waals surface area contributed by atoms with Crippen LogP contribution in [0.5, 0.6) is 0 Å². The molecule has 0 unspecified atom stereocenters. The van der Waals surface area contributed by atoms with Gasteiger partial charge in [-0.05, 0) is 24.3 Å². The standard InChI is InChI=1S/C14H15N3O4S/c18-11(17-5-1-2-10(17)14(20)21)3-6-16-8-15-12-9(13(16)19)4-7-22-12/h4,7-8,10H,1-3,5-6H2,(H,20,21)/t10-/m0/s1. The third-order valence-electron chi connectivity index (χ3n) is 3.88. The van der Waals surface area contributed by atoms with Gasteiger partial charge in [0.1, 0.15) is 10.9 Å². The van der Waals surface area contributed by atoms with Crippen LogP contribution in [0.15, 0.2) is 22.6 Å². The van der Waals surface area contributed by atoms with Crippen molar-refractivity contribution in [2.24, 2.45) is 0 Å². The lowest BCUT2D eigenvalue weighted by Crippen LogP contribution is -2.41. The molecule has 8 heteroatoms. The second-order valence-electron chi connectivity index (χ2n) is 5.22. The van der Waals surface area contributed by atoms with Crippen molar-refractivity contribution in [3.05, 3.63) is 28.1 Å². The van der Waals surface area contributed by atoms with Crippen molar-refractivity contribution in [1.82, 2.24) is 14.5 Å². The zero-order chi connectivity index (χ0) is 15.7. The Hall–Kier alpha value is -2.22. The van der Waals surface area contributed by atoms with Gasteiger partial charge >= 0.3 is 5.97 Å².